The average molecular weight is 317 g/mol. The van der Waals surface area contributed by atoms with Crippen LogP contribution in [-0.4, -0.2) is 29.3 Å². The molecular formula is C17H16FNO4. The molecule has 0 unspecified atom stereocenters. The van der Waals surface area contributed by atoms with Crippen molar-refractivity contribution in [3.05, 3.63) is 53.5 Å². The Labute approximate surface area is 133 Å². The minimum absolute atomic E-state index is 0.0295. The van der Waals surface area contributed by atoms with E-state index < -0.39 is 29.5 Å². The van der Waals surface area contributed by atoms with Gasteiger partial charge in [0.2, 0.25) is 11.8 Å². The number of ether oxygens (including phenoxy) is 1. The molecule has 1 aromatic carbocycles. The van der Waals surface area contributed by atoms with Crippen LogP contribution < -0.4 is 0 Å². The summed E-state index contributed by atoms with van der Waals surface area (Å²) in [5, 5.41) is 0. The monoisotopic (exact) mass is 317 g/mol. The van der Waals surface area contributed by atoms with Crippen LogP contribution in [0.15, 0.2) is 42.1 Å². The highest BCUT2D eigenvalue weighted by molar-refractivity contribution is 6.09. The summed E-state index contributed by atoms with van der Waals surface area (Å²) in [4.78, 5) is 37.4. The summed E-state index contributed by atoms with van der Waals surface area (Å²) in [6.45, 7) is 5.22. The molecule has 5 nitrogen and oxygen atoms in total. The molecule has 0 aromatic heterocycles. The van der Waals surface area contributed by atoms with Crippen LogP contribution in [-0.2, 0) is 25.7 Å². The number of nitrogens with zero attached hydrogens (tertiary/aromatic N) is 1. The molecule has 1 atom stereocenters. The zero-order valence-corrected chi connectivity index (χ0v) is 12.7. The molecule has 1 fully saturated rings. The summed E-state index contributed by atoms with van der Waals surface area (Å²) >= 11 is 0. The molecule has 23 heavy (non-hydrogen) atoms. The maximum Gasteiger partial charge on any atom is 0.342 e. The smallest absolute Gasteiger partial charge is 0.342 e. The number of halogens is 1. The van der Waals surface area contributed by atoms with E-state index in [1.54, 1.807) is 6.92 Å². The first-order valence-corrected chi connectivity index (χ1v) is 7.13. The standard InChI is InChI=1S/C17H16FNO4/c1-3-13(17(22)23-4-2)14-9-15(20)19(16(14)21)10-11-5-7-12(18)8-6-11/h5-8,14H,1,4,9-10H2,2H3/t14-/m0/s1. The van der Waals surface area contributed by atoms with Crippen molar-refractivity contribution in [2.24, 2.45) is 5.92 Å². The quantitative estimate of drug-likeness (QED) is 0.360. The summed E-state index contributed by atoms with van der Waals surface area (Å²) in [5.74, 6) is -2.93. The van der Waals surface area contributed by atoms with E-state index >= 15 is 0 Å². The maximum atomic E-state index is 12.9. The lowest BCUT2D eigenvalue weighted by molar-refractivity contribution is -0.143. The van der Waals surface area contributed by atoms with E-state index in [1.165, 1.54) is 24.3 Å². The van der Waals surface area contributed by atoms with E-state index in [0.29, 0.717) is 5.56 Å². The number of esters is 1. The third-order valence-corrected chi connectivity index (χ3v) is 3.53. The van der Waals surface area contributed by atoms with Gasteiger partial charge >= 0.3 is 5.97 Å². The van der Waals surface area contributed by atoms with Gasteiger partial charge in [0.1, 0.15) is 5.82 Å². The molecular weight excluding hydrogens is 301 g/mol. The molecule has 0 N–H and O–H groups in total. The van der Waals surface area contributed by atoms with Crippen LogP contribution >= 0.6 is 0 Å². The minimum atomic E-state index is -0.931. The van der Waals surface area contributed by atoms with Gasteiger partial charge in [0, 0.05) is 6.42 Å². The number of rotatable bonds is 5. The first-order chi connectivity index (χ1) is 11.0. The van der Waals surface area contributed by atoms with Crippen molar-refractivity contribution >= 4 is 17.8 Å². The lowest BCUT2D eigenvalue weighted by Crippen LogP contribution is -2.31. The number of carbonyl (C=O) groups is 3. The molecule has 0 aliphatic carbocycles. The second-order valence-electron chi connectivity index (χ2n) is 5.01. The normalized spacial score (nSPS) is 17.1. The number of likely N-dealkylation sites (tertiary alicyclic amines) is 1. The first kappa shape index (κ1) is 16.6. The second-order valence-corrected chi connectivity index (χ2v) is 5.01. The Morgan fingerprint density at radius 1 is 1.39 bits per heavy atom. The van der Waals surface area contributed by atoms with Crippen molar-refractivity contribution in [3.63, 3.8) is 0 Å². The fourth-order valence-electron chi connectivity index (χ4n) is 2.39. The van der Waals surface area contributed by atoms with Crippen molar-refractivity contribution < 1.29 is 23.5 Å². The van der Waals surface area contributed by atoms with Gasteiger partial charge in [-0.1, -0.05) is 18.7 Å². The third-order valence-electron chi connectivity index (χ3n) is 3.53. The second kappa shape index (κ2) is 7.03. The molecule has 0 bridgehead atoms. The molecule has 1 aliphatic heterocycles. The number of imide groups is 1. The fraction of sp³-hybridized carbons (Fsp3) is 0.294. The van der Waals surface area contributed by atoms with Gasteiger partial charge in [0.05, 0.1) is 24.6 Å². The number of carbonyl (C=O) groups excluding carboxylic acids is 3. The topological polar surface area (TPSA) is 63.7 Å². The number of hydrogen-bond donors (Lipinski definition) is 0. The highest BCUT2D eigenvalue weighted by atomic mass is 19.1. The van der Waals surface area contributed by atoms with E-state index in [2.05, 4.69) is 12.3 Å². The summed E-state index contributed by atoms with van der Waals surface area (Å²) in [5.41, 5.74) is 3.00. The lowest BCUT2D eigenvalue weighted by atomic mass is 9.98. The van der Waals surface area contributed by atoms with Gasteiger partial charge in [-0.2, -0.15) is 0 Å². The van der Waals surface area contributed by atoms with Gasteiger partial charge in [-0.05, 0) is 24.6 Å². The van der Waals surface area contributed by atoms with Crippen molar-refractivity contribution in [1.29, 1.82) is 0 Å². The molecule has 2 amide bonds. The predicted molar refractivity (Wildman–Crippen MR) is 79.4 cm³/mol. The van der Waals surface area contributed by atoms with Gasteiger partial charge < -0.3 is 4.74 Å². The minimum Gasteiger partial charge on any atom is -0.462 e. The molecule has 6 heteroatoms. The molecule has 0 spiro atoms. The largest absolute Gasteiger partial charge is 0.462 e. The SMILES string of the molecule is C=C=C(C(=O)OCC)[C@@H]1CC(=O)N(Cc2ccc(F)cc2)C1=O. The van der Waals surface area contributed by atoms with E-state index in [4.69, 9.17) is 4.74 Å². The molecule has 1 heterocycles. The zero-order chi connectivity index (χ0) is 17.0. The molecule has 1 saturated heterocycles. The zero-order valence-electron chi connectivity index (χ0n) is 12.7. The van der Waals surface area contributed by atoms with Crippen molar-refractivity contribution in [2.45, 2.75) is 19.9 Å². The fourth-order valence-corrected chi connectivity index (χ4v) is 2.39. The summed E-state index contributed by atoms with van der Waals surface area (Å²) < 4.78 is 17.8. The Bertz CT molecular complexity index is 689. The maximum absolute atomic E-state index is 12.9. The number of amides is 2. The van der Waals surface area contributed by atoms with Crippen LogP contribution in [0.4, 0.5) is 4.39 Å². The van der Waals surface area contributed by atoms with E-state index in [1.807, 2.05) is 0 Å². The Hall–Kier alpha value is -2.72. The van der Waals surface area contributed by atoms with E-state index in [0.717, 1.165) is 4.90 Å². The van der Waals surface area contributed by atoms with Gasteiger partial charge in [0.15, 0.2) is 0 Å². The third kappa shape index (κ3) is 3.55. The molecule has 1 aromatic rings. The summed E-state index contributed by atoms with van der Waals surface area (Å²) in [7, 11) is 0. The molecule has 2 rings (SSSR count). The summed E-state index contributed by atoms with van der Waals surface area (Å²) in [6, 6.07) is 5.51. The predicted octanol–water partition coefficient (Wildman–Crippen LogP) is 1.98. The van der Waals surface area contributed by atoms with Crippen LogP contribution in [0.3, 0.4) is 0 Å². The molecule has 120 valence electrons. The van der Waals surface area contributed by atoms with Crippen LogP contribution in [0.1, 0.15) is 18.9 Å². The highest BCUT2D eigenvalue weighted by Gasteiger charge is 2.42. The number of benzene rings is 1. The highest BCUT2D eigenvalue weighted by Crippen LogP contribution is 2.28. The van der Waals surface area contributed by atoms with Crippen LogP contribution in [0.5, 0.6) is 0 Å². The van der Waals surface area contributed by atoms with Crippen LogP contribution in [0, 0.1) is 11.7 Å². The van der Waals surface area contributed by atoms with Gasteiger partial charge in [-0.25, -0.2) is 9.18 Å². The first-order valence-electron chi connectivity index (χ1n) is 7.13. The van der Waals surface area contributed by atoms with Crippen molar-refractivity contribution in [3.8, 4) is 0 Å². The van der Waals surface area contributed by atoms with Crippen LogP contribution in [0.25, 0.3) is 0 Å². The lowest BCUT2D eigenvalue weighted by Gasteiger charge is -2.15. The van der Waals surface area contributed by atoms with E-state index in [9.17, 15) is 18.8 Å². The van der Waals surface area contributed by atoms with Crippen LogP contribution in [0.2, 0.25) is 0 Å². The van der Waals surface area contributed by atoms with Crippen molar-refractivity contribution in [2.75, 3.05) is 6.61 Å². The Balaban J connectivity index is 2.17. The number of hydrogen-bond acceptors (Lipinski definition) is 4. The molecule has 0 radical (unpaired) electrons. The molecule has 1 aliphatic rings. The average Bonchev–Trinajstić information content (AvgIpc) is 2.79. The van der Waals surface area contributed by atoms with Gasteiger partial charge in [-0.15, -0.1) is 5.73 Å². The van der Waals surface area contributed by atoms with Gasteiger partial charge in [-0.3, -0.25) is 14.5 Å². The van der Waals surface area contributed by atoms with Crippen molar-refractivity contribution in [1.82, 2.24) is 4.90 Å². The summed E-state index contributed by atoms with van der Waals surface area (Å²) in [6.07, 6.45) is -0.128. The van der Waals surface area contributed by atoms with Gasteiger partial charge in [0.25, 0.3) is 0 Å². The Morgan fingerprint density at radius 2 is 2.04 bits per heavy atom. The Kier molecular flexibility index (Phi) is 5.09. The molecule has 0 saturated carbocycles. The van der Waals surface area contributed by atoms with E-state index in [-0.39, 0.29) is 25.1 Å². The Morgan fingerprint density at radius 3 is 2.61 bits per heavy atom.